The third-order valence-electron chi connectivity index (χ3n) is 6.43. The van der Waals surface area contributed by atoms with Gasteiger partial charge in [-0.2, -0.15) is 0 Å². The molecule has 2 saturated carbocycles. The summed E-state index contributed by atoms with van der Waals surface area (Å²) in [7, 11) is 5.43. The summed E-state index contributed by atoms with van der Waals surface area (Å²) in [5.74, 6) is 1.96. The van der Waals surface area contributed by atoms with Crippen molar-refractivity contribution in [3.05, 3.63) is 29.8 Å². The fraction of sp³-hybridized carbons (Fsp3) is 0.652. The third-order valence-corrected chi connectivity index (χ3v) is 6.43. The smallest absolute Gasteiger partial charge is 0.230 e. The summed E-state index contributed by atoms with van der Waals surface area (Å²) in [5.41, 5.74) is 1.03. The van der Waals surface area contributed by atoms with E-state index >= 15 is 0 Å². The van der Waals surface area contributed by atoms with Crippen molar-refractivity contribution in [2.24, 2.45) is 10.4 Å². The van der Waals surface area contributed by atoms with E-state index < -0.39 is 0 Å². The Morgan fingerprint density at radius 2 is 1.83 bits per heavy atom. The maximum atomic E-state index is 12.8. The number of hydrogen-bond donors (Lipinski definition) is 2. The van der Waals surface area contributed by atoms with Gasteiger partial charge in [-0.3, -0.25) is 9.79 Å². The van der Waals surface area contributed by atoms with E-state index in [0.717, 1.165) is 63.3 Å². The summed E-state index contributed by atoms with van der Waals surface area (Å²) in [6, 6.07) is 8.29. The lowest BCUT2D eigenvalue weighted by Gasteiger charge is -2.29. The van der Waals surface area contributed by atoms with E-state index in [1.807, 2.05) is 26.2 Å². The van der Waals surface area contributed by atoms with E-state index in [0.29, 0.717) is 6.54 Å². The van der Waals surface area contributed by atoms with Crippen molar-refractivity contribution in [1.29, 1.82) is 0 Å². The molecule has 0 heterocycles. The average molecular weight is 401 g/mol. The van der Waals surface area contributed by atoms with Gasteiger partial charge in [0.2, 0.25) is 5.91 Å². The van der Waals surface area contributed by atoms with Crippen LogP contribution >= 0.6 is 0 Å². The van der Waals surface area contributed by atoms with Gasteiger partial charge in [0.15, 0.2) is 5.96 Å². The summed E-state index contributed by atoms with van der Waals surface area (Å²) in [6.45, 7) is 4.22. The summed E-state index contributed by atoms with van der Waals surface area (Å²) >= 11 is 0. The van der Waals surface area contributed by atoms with Crippen LogP contribution in [0.25, 0.3) is 0 Å². The zero-order chi connectivity index (χ0) is 20.9. The number of nitrogens with zero attached hydrogens (tertiary/aromatic N) is 2. The molecule has 2 N–H and O–H groups in total. The SMILES string of the molecule is CCNC(=NCC1(C(=O)N(C)C)CCCC1)NCC1(c2ccccc2OC)CC1. The molecule has 2 fully saturated rings. The number of carbonyl (C=O) groups excluding carboxylic acids is 1. The number of guanidine groups is 1. The van der Waals surface area contributed by atoms with Gasteiger partial charge >= 0.3 is 0 Å². The first kappa shape index (κ1) is 21.5. The molecule has 0 atom stereocenters. The molecule has 29 heavy (non-hydrogen) atoms. The number of hydrogen-bond acceptors (Lipinski definition) is 3. The molecular weight excluding hydrogens is 364 g/mol. The number of carbonyl (C=O) groups is 1. The van der Waals surface area contributed by atoms with Crippen molar-refractivity contribution in [2.75, 3.05) is 40.8 Å². The highest BCUT2D eigenvalue weighted by Gasteiger charge is 2.46. The van der Waals surface area contributed by atoms with Crippen molar-refractivity contribution in [3.8, 4) is 5.75 Å². The monoisotopic (exact) mass is 400 g/mol. The Kier molecular flexibility index (Phi) is 6.70. The van der Waals surface area contributed by atoms with Gasteiger partial charge in [-0.1, -0.05) is 31.0 Å². The Morgan fingerprint density at radius 3 is 2.41 bits per heavy atom. The van der Waals surface area contributed by atoms with Crippen LogP contribution in [-0.4, -0.2) is 57.6 Å². The Balaban J connectivity index is 1.71. The average Bonchev–Trinajstić information content (AvgIpc) is 3.37. The summed E-state index contributed by atoms with van der Waals surface area (Å²) < 4.78 is 5.59. The van der Waals surface area contributed by atoms with Crippen molar-refractivity contribution < 1.29 is 9.53 Å². The molecule has 6 nitrogen and oxygen atoms in total. The lowest BCUT2D eigenvalue weighted by Crippen LogP contribution is -2.44. The molecule has 1 aromatic rings. The number of ether oxygens (including phenoxy) is 1. The quantitative estimate of drug-likeness (QED) is 0.520. The van der Waals surface area contributed by atoms with Crippen LogP contribution in [-0.2, 0) is 10.2 Å². The zero-order valence-electron chi connectivity index (χ0n) is 18.4. The van der Waals surface area contributed by atoms with Gasteiger partial charge in [-0.25, -0.2) is 0 Å². The molecule has 3 rings (SSSR count). The Morgan fingerprint density at radius 1 is 1.14 bits per heavy atom. The third kappa shape index (κ3) is 4.68. The van der Waals surface area contributed by atoms with E-state index in [-0.39, 0.29) is 16.7 Å². The Bertz CT molecular complexity index is 734. The predicted molar refractivity (Wildman–Crippen MR) is 117 cm³/mol. The molecule has 0 unspecified atom stereocenters. The number of amides is 1. The lowest BCUT2D eigenvalue weighted by atomic mass is 9.85. The highest BCUT2D eigenvalue weighted by molar-refractivity contribution is 5.84. The maximum absolute atomic E-state index is 12.8. The predicted octanol–water partition coefficient (Wildman–Crippen LogP) is 2.93. The molecular formula is C23H36N4O2. The van der Waals surface area contributed by atoms with Gasteiger partial charge in [-0.05, 0) is 38.7 Å². The van der Waals surface area contributed by atoms with Crippen LogP contribution in [0, 0.1) is 5.41 Å². The number of aliphatic imine (C=N–C) groups is 1. The summed E-state index contributed by atoms with van der Waals surface area (Å²) in [5, 5.41) is 6.90. The zero-order valence-corrected chi connectivity index (χ0v) is 18.4. The van der Waals surface area contributed by atoms with Crippen molar-refractivity contribution in [3.63, 3.8) is 0 Å². The largest absolute Gasteiger partial charge is 0.496 e. The maximum Gasteiger partial charge on any atom is 0.230 e. The topological polar surface area (TPSA) is 66.0 Å². The molecule has 0 spiro atoms. The molecule has 2 aliphatic rings. The van der Waals surface area contributed by atoms with Crippen LogP contribution in [0.1, 0.15) is 51.0 Å². The molecule has 0 bridgehead atoms. The van der Waals surface area contributed by atoms with Crippen molar-refractivity contribution in [1.82, 2.24) is 15.5 Å². The second-order valence-electron chi connectivity index (χ2n) is 8.72. The van der Waals surface area contributed by atoms with Gasteiger partial charge in [0, 0.05) is 38.2 Å². The fourth-order valence-electron chi connectivity index (χ4n) is 4.57. The van der Waals surface area contributed by atoms with Crippen molar-refractivity contribution in [2.45, 2.75) is 50.9 Å². The highest BCUT2D eigenvalue weighted by Crippen LogP contribution is 2.50. The molecule has 6 heteroatoms. The normalized spacial score (nSPS) is 19.5. The minimum atomic E-state index is -0.341. The van der Waals surface area contributed by atoms with E-state index in [1.54, 1.807) is 12.0 Å². The van der Waals surface area contributed by atoms with Crippen LogP contribution in [0.2, 0.25) is 0 Å². The highest BCUT2D eigenvalue weighted by atomic mass is 16.5. The van der Waals surface area contributed by atoms with Crippen LogP contribution in [0.15, 0.2) is 29.3 Å². The van der Waals surface area contributed by atoms with Crippen LogP contribution < -0.4 is 15.4 Å². The minimum absolute atomic E-state index is 0.104. The molecule has 1 amide bonds. The molecule has 1 aromatic carbocycles. The first-order chi connectivity index (χ1) is 14.0. The van der Waals surface area contributed by atoms with E-state index in [4.69, 9.17) is 9.73 Å². The van der Waals surface area contributed by atoms with Crippen LogP contribution in [0.3, 0.4) is 0 Å². The molecule has 0 radical (unpaired) electrons. The Hall–Kier alpha value is -2.24. The summed E-state index contributed by atoms with van der Waals surface area (Å²) in [6.07, 6.45) is 6.35. The van der Waals surface area contributed by atoms with Gasteiger partial charge < -0.3 is 20.3 Å². The van der Waals surface area contributed by atoms with E-state index in [1.165, 1.54) is 5.56 Å². The minimum Gasteiger partial charge on any atom is -0.496 e. The number of rotatable bonds is 8. The Labute approximate surface area is 175 Å². The molecule has 2 aliphatic carbocycles. The number of para-hydroxylation sites is 1. The fourth-order valence-corrected chi connectivity index (χ4v) is 4.57. The number of nitrogens with one attached hydrogen (secondary N) is 2. The first-order valence-electron chi connectivity index (χ1n) is 10.8. The second kappa shape index (κ2) is 9.06. The molecule has 0 saturated heterocycles. The molecule has 0 aromatic heterocycles. The standard InChI is InChI=1S/C23H36N4O2/c1-5-24-21(26-17-23(12-8-9-13-23)20(28)27(2)3)25-16-22(14-15-22)18-10-6-7-11-19(18)29-4/h6-7,10-11H,5,8-9,12-17H2,1-4H3,(H2,24,25,26). The number of methoxy groups -OCH3 is 1. The molecule has 160 valence electrons. The van der Waals surface area contributed by atoms with Crippen LogP contribution in [0.4, 0.5) is 0 Å². The van der Waals surface area contributed by atoms with Crippen molar-refractivity contribution >= 4 is 11.9 Å². The van der Waals surface area contributed by atoms with Gasteiger partial charge in [0.1, 0.15) is 5.75 Å². The van der Waals surface area contributed by atoms with Gasteiger partial charge in [0.05, 0.1) is 19.1 Å². The number of benzene rings is 1. The van der Waals surface area contributed by atoms with Gasteiger partial charge in [0.25, 0.3) is 0 Å². The van der Waals surface area contributed by atoms with Crippen LogP contribution in [0.5, 0.6) is 5.75 Å². The summed E-state index contributed by atoms with van der Waals surface area (Å²) in [4.78, 5) is 19.4. The first-order valence-corrected chi connectivity index (χ1v) is 10.8. The molecule has 0 aliphatic heterocycles. The van der Waals surface area contributed by atoms with Gasteiger partial charge in [-0.15, -0.1) is 0 Å². The van der Waals surface area contributed by atoms with E-state index in [2.05, 4.69) is 29.7 Å². The second-order valence-corrected chi connectivity index (χ2v) is 8.72. The van der Waals surface area contributed by atoms with E-state index in [9.17, 15) is 4.79 Å². The lowest BCUT2D eigenvalue weighted by molar-refractivity contribution is -0.138.